The molecule has 2 atom stereocenters. The SMILES string of the molecule is COc1ccc(C[C@@H]2c3cc(OC)c(OC)cc3CC(CCC(=O)OC(C)(C)C)N2C)cc1OC. The lowest BCUT2D eigenvalue weighted by molar-refractivity contribution is -0.155. The molecule has 0 N–H and O–H groups in total. The molecule has 192 valence electrons. The van der Waals surface area contributed by atoms with E-state index >= 15 is 0 Å². The molecule has 1 unspecified atom stereocenters. The fourth-order valence-corrected chi connectivity index (χ4v) is 4.76. The van der Waals surface area contributed by atoms with Gasteiger partial charge in [0.25, 0.3) is 0 Å². The molecule has 2 aromatic rings. The van der Waals surface area contributed by atoms with E-state index in [2.05, 4.69) is 30.1 Å². The lowest BCUT2D eigenvalue weighted by Gasteiger charge is -2.41. The summed E-state index contributed by atoms with van der Waals surface area (Å²) in [6, 6.07) is 10.5. The molecule has 35 heavy (non-hydrogen) atoms. The Balaban J connectivity index is 1.93. The summed E-state index contributed by atoms with van der Waals surface area (Å²) in [6.45, 7) is 5.69. The third-order valence-corrected chi connectivity index (χ3v) is 6.51. The summed E-state index contributed by atoms with van der Waals surface area (Å²) in [4.78, 5) is 14.8. The van der Waals surface area contributed by atoms with Crippen LogP contribution in [0.4, 0.5) is 0 Å². The van der Waals surface area contributed by atoms with Crippen LogP contribution in [-0.4, -0.2) is 58.0 Å². The summed E-state index contributed by atoms with van der Waals surface area (Å²) in [7, 11) is 8.72. The van der Waals surface area contributed by atoms with Gasteiger partial charge in [0.15, 0.2) is 23.0 Å². The van der Waals surface area contributed by atoms with E-state index in [0.29, 0.717) is 35.8 Å². The van der Waals surface area contributed by atoms with Crippen LogP contribution in [0.15, 0.2) is 30.3 Å². The molecule has 0 amide bonds. The summed E-state index contributed by atoms with van der Waals surface area (Å²) in [5, 5.41) is 0. The van der Waals surface area contributed by atoms with E-state index in [-0.39, 0.29) is 18.1 Å². The van der Waals surface area contributed by atoms with Crippen LogP contribution in [-0.2, 0) is 22.4 Å². The second-order valence-electron chi connectivity index (χ2n) is 9.96. The van der Waals surface area contributed by atoms with Crippen molar-refractivity contribution in [1.29, 1.82) is 0 Å². The molecular formula is C28H39NO6. The maximum atomic E-state index is 12.4. The van der Waals surface area contributed by atoms with Crippen molar-refractivity contribution in [3.8, 4) is 23.0 Å². The number of carbonyl (C=O) groups is 1. The minimum Gasteiger partial charge on any atom is -0.493 e. The Labute approximate surface area is 209 Å². The molecule has 1 heterocycles. The monoisotopic (exact) mass is 485 g/mol. The fraction of sp³-hybridized carbons (Fsp3) is 0.536. The van der Waals surface area contributed by atoms with Crippen LogP contribution in [0.1, 0.15) is 56.3 Å². The van der Waals surface area contributed by atoms with Gasteiger partial charge < -0.3 is 23.7 Å². The Morgan fingerprint density at radius 1 is 0.914 bits per heavy atom. The van der Waals surface area contributed by atoms with Crippen molar-refractivity contribution in [3.63, 3.8) is 0 Å². The molecule has 0 saturated heterocycles. The first-order valence-electron chi connectivity index (χ1n) is 12.0. The summed E-state index contributed by atoms with van der Waals surface area (Å²) >= 11 is 0. The van der Waals surface area contributed by atoms with Crippen molar-refractivity contribution in [1.82, 2.24) is 4.90 Å². The molecule has 0 radical (unpaired) electrons. The Morgan fingerprint density at radius 2 is 1.51 bits per heavy atom. The minimum absolute atomic E-state index is 0.0836. The number of rotatable bonds is 9. The molecule has 0 aromatic heterocycles. The van der Waals surface area contributed by atoms with E-state index in [1.807, 2.05) is 32.9 Å². The first kappa shape index (κ1) is 26.7. The van der Waals surface area contributed by atoms with E-state index in [0.717, 1.165) is 18.4 Å². The van der Waals surface area contributed by atoms with E-state index in [9.17, 15) is 4.79 Å². The molecule has 0 aliphatic carbocycles. The average Bonchev–Trinajstić information content (AvgIpc) is 2.82. The van der Waals surface area contributed by atoms with Crippen molar-refractivity contribution in [3.05, 3.63) is 47.0 Å². The maximum Gasteiger partial charge on any atom is 0.306 e. The number of carbonyl (C=O) groups excluding carboxylic acids is 1. The minimum atomic E-state index is -0.484. The van der Waals surface area contributed by atoms with Gasteiger partial charge in [0.2, 0.25) is 0 Å². The number of likely N-dealkylation sites (N-methyl/N-ethyl adjacent to an activating group) is 1. The van der Waals surface area contributed by atoms with E-state index < -0.39 is 5.60 Å². The summed E-state index contributed by atoms with van der Waals surface area (Å²) in [5.41, 5.74) is 3.06. The van der Waals surface area contributed by atoms with Gasteiger partial charge in [-0.25, -0.2) is 0 Å². The van der Waals surface area contributed by atoms with Crippen LogP contribution >= 0.6 is 0 Å². The Bertz CT molecular complexity index is 1030. The Hall–Kier alpha value is -2.93. The zero-order chi connectivity index (χ0) is 25.8. The molecule has 7 nitrogen and oxygen atoms in total. The number of fused-ring (bicyclic) bond motifs is 1. The molecule has 2 aromatic carbocycles. The summed E-state index contributed by atoms with van der Waals surface area (Å²) in [5.74, 6) is 2.67. The van der Waals surface area contributed by atoms with Crippen molar-refractivity contribution in [2.45, 2.75) is 64.1 Å². The molecule has 0 spiro atoms. The first-order valence-corrected chi connectivity index (χ1v) is 12.0. The quantitative estimate of drug-likeness (QED) is 0.464. The number of hydrogen-bond acceptors (Lipinski definition) is 7. The van der Waals surface area contributed by atoms with Crippen LogP contribution in [0.3, 0.4) is 0 Å². The molecule has 1 aliphatic heterocycles. The van der Waals surface area contributed by atoms with Crippen LogP contribution in [0.2, 0.25) is 0 Å². The van der Waals surface area contributed by atoms with E-state index in [1.54, 1.807) is 28.4 Å². The third-order valence-electron chi connectivity index (χ3n) is 6.51. The number of nitrogens with zero attached hydrogens (tertiary/aromatic N) is 1. The second kappa shape index (κ2) is 11.2. The predicted molar refractivity (Wildman–Crippen MR) is 136 cm³/mol. The zero-order valence-corrected chi connectivity index (χ0v) is 22.3. The normalized spacial score (nSPS) is 17.9. The number of ether oxygens (including phenoxy) is 5. The smallest absolute Gasteiger partial charge is 0.306 e. The number of esters is 1. The van der Waals surface area contributed by atoms with Crippen molar-refractivity contribution < 1.29 is 28.5 Å². The van der Waals surface area contributed by atoms with E-state index in [1.165, 1.54) is 11.1 Å². The van der Waals surface area contributed by atoms with Crippen LogP contribution < -0.4 is 18.9 Å². The molecule has 3 rings (SSSR count). The average molecular weight is 486 g/mol. The lowest BCUT2D eigenvalue weighted by atomic mass is 9.84. The molecule has 0 saturated carbocycles. The summed E-state index contributed by atoms with van der Waals surface area (Å²) < 4.78 is 27.7. The highest BCUT2D eigenvalue weighted by Gasteiger charge is 2.34. The molecule has 1 aliphatic rings. The largest absolute Gasteiger partial charge is 0.493 e. The van der Waals surface area contributed by atoms with Crippen LogP contribution in [0.25, 0.3) is 0 Å². The standard InChI is InChI=1S/C28H39NO6/c1-28(2,3)35-27(30)12-10-20-15-19-16-25(33-7)26(34-8)17-21(19)22(29(20)4)13-18-9-11-23(31-5)24(14-18)32-6/h9,11,14,16-17,20,22H,10,12-13,15H2,1-8H3/t20?,22-/m1/s1. The van der Waals surface area contributed by atoms with Crippen molar-refractivity contribution in [2.24, 2.45) is 0 Å². The highest BCUT2D eigenvalue weighted by molar-refractivity contribution is 5.69. The van der Waals surface area contributed by atoms with Crippen molar-refractivity contribution >= 4 is 5.97 Å². The number of hydrogen-bond donors (Lipinski definition) is 0. The van der Waals surface area contributed by atoms with Gasteiger partial charge >= 0.3 is 5.97 Å². The predicted octanol–water partition coefficient (Wildman–Crippen LogP) is 4.98. The molecule has 0 fully saturated rings. The first-order chi connectivity index (χ1) is 16.6. The Morgan fingerprint density at radius 3 is 2.11 bits per heavy atom. The molecular weight excluding hydrogens is 446 g/mol. The zero-order valence-electron chi connectivity index (χ0n) is 22.3. The van der Waals surface area contributed by atoms with Gasteiger partial charge in [-0.05, 0) is 88.0 Å². The van der Waals surface area contributed by atoms with Gasteiger partial charge in [0.1, 0.15) is 5.60 Å². The van der Waals surface area contributed by atoms with Gasteiger partial charge in [-0.15, -0.1) is 0 Å². The van der Waals surface area contributed by atoms with Gasteiger partial charge in [-0.2, -0.15) is 0 Å². The maximum absolute atomic E-state index is 12.4. The number of benzene rings is 2. The summed E-state index contributed by atoms with van der Waals surface area (Å²) in [6.07, 6.45) is 2.67. The van der Waals surface area contributed by atoms with Gasteiger partial charge in [0.05, 0.1) is 28.4 Å². The lowest BCUT2D eigenvalue weighted by Crippen LogP contribution is -2.42. The topological polar surface area (TPSA) is 66.5 Å². The highest BCUT2D eigenvalue weighted by atomic mass is 16.6. The fourth-order valence-electron chi connectivity index (χ4n) is 4.76. The van der Waals surface area contributed by atoms with Gasteiger partial charge in [-0.1, -0.05) is 6.07 Å². The number of methoxy groups -OCH3 is 4. The van der Waals surface area contributed by atoms with Gasteiger partial charge in [-0.3, -0.25) is 9.69 Å². The van der Waals surface area contributed by atoms with Crippen LogP contribution in [0.5, 0.6) is 23.0 Å². The van der Waals surface area contributed by atoms with Gasteiger partial charge in [0, 0.05) is 18.5 Å². The molecule has 7 heteroatoms. The van der Waals surface area contributed by atoms with Crippen molar-refractivity contribution in [2.75, 3.05) is 35.5 Å². The van der Waals surface area contributed by atoms with E-state index in [4.69, 9.17) is 23.7 Å². The van der Waals surface area contributed by atoms with Crippen LogP contribution in [0, 0.1) is 0 Å². The molecule has 0 bridgehead atoms. The third kappa shape index (κ3) is 6.40. The second-order valence-corrected chi connectivity index (χ2v) is 9.96. The Kier molecular flexibility index (Phi) is 8.54. The highest BCUT2D eigenvalue weighted by Crippen LogP contribution is 2.42.